The van der Waals surface area contributed by atoms with Gasteiger partial charge in [-0.05, 0) is 28.1 Å². The Kier molecular flexibility index (Phi) is 3.10. The first-order valence-electron chi connectivity index (χ1n) is 4.54. The van der Waals surface area contributed by atoms with E-state index in [0.717, 1.165) is 6.07 Å². The van der Waals surface area contributed by atoms with Gasteiger partial charge in [-0.2, -0.15) is 0 Å². The van der Waals surface area contributed by atoms with E-state index in [1.807, 2.05) is 0 Å². The lowest BCUT2D eigenvalue weighted by Gasteiger charge is -2.07. The molecule has 0 amide bonds. The predicted molar refractivity (Wildman–Crippen MR) is 63.4 cm³/mol. The summed E-state index contributed by atoms with van der Waals surface area (Å²) in [5.41, 5.74) is 5.31. The van der Waals surface area contributed by atoms with Crippen molar-refractivity contribution in [1.29, 1.82) is 0 Å². The van der Waals surface area contributed by atoms with Crippen molar-refractivity contribution in [3.05, 3.63) is 45.2 Å². The molecule has 0 aliphatic rings. The Hall–Kier alpha value is -1.89. The minimum Gasteiger partial charge on any atom is -0.435 e. The summed E-state index contributed by atoms with van der Waals surface area (Å²) >= 11 is 3.03. The molecule has 0 atom stereocenters. The first-order valence-corrected chi connectivity index (χ1v) is 5.33. The van der Waals surface area contributed by atoms with Crippen LogP contribution in [0.2, 0.25) is 0 Å². The van der Waals surface area contributed by atoms with Crippen LogP contribution < -0.4 is 16.0 Å². The third kappa shape index (κ3) is 2.44. The van der Waals surface area contributed by atoms with Gasteiger partial charge in [-0.25, -0.2) is 9.37 Å². The molecule has 0 radical (unpaired) electrons. The molecule has 2 aromatic rings. The Morgan fingerprint density at radius 1 is 1.47 bits per heavy atom. The summed E-state index contributed by atoms with van der Waals surface area (Å²) in [6, 6.07) is 3.68. The Morgan fingerprint density at radius 2 is 2.24 bits per heavy atom. The molecule has 7 heteroatoms. The lowest BCUT2D eigenvalue weighted by Crippen LogP contribution is -2.08. The SMILES string of the molecule is Nc1cc(F)ccc1Oc1nc[nH]c(=O)c1Br. The van der Waals surface area contributed by atoms with Gasteiger partial charge in [0.25, 0.3) is 5.56 Å². The lowest BCUT2D eigenvalue weighted by molar-refractivity contribution is 0.457. The monoisotopic (exact) mass is 299 g/mol. The number of nitrogens with zero attached hydrogens (tertiary/aromatic N) is 1. The van der Waals surface area contributed by atoms with Crippen molar-refractivity contribution in [1.82, 2.24) is 9.97 Å². The van der Waals surface area contributed by atoms with E-state index in [4.69, 9.17) is 10.5 Å². The number of ether oxygens (including phenoxy) is 1. The topological polar surface area (TPSA) is 81.0 Å². The number of rotatable bonds is 2. The van der Waals surface area contributed by atoms with Crippen LogP contribution in [-0.2, 0) is 0 Å². The van der Waals surface area contributed by atoms with Crippen molar-refractivity contribution in [3.8, 4) is 11.6 Å². The molecule has 17 heavy (non-hydrogen) atoms. The molecule has 1 heterocycles. The molecule has 0 unspecified atom stereocenters. The van der Waals surface area contributed by atoms with Gasteiger partial charge in [0.15, 0.2) is 5.75 Å². The number of aromatic nitrogens is 2. The smallest absolute Gasteiger partial charge is 0.268 e. The maximum absolute atomic E-state index is 12.8. The van der Waals surface area contributed by atoms with E-state index in [9.17, 15) is 9.18 Å². The first-order chi connectivity index (χ1) is 8.08. The van der Waals surface area contributed by atoms with Crippen molar-refractivity contribution < 1.29 is 9.13 Å². The molecule has 1 aromatic heterocycles. The third-order valence-corrected chi connectivity index (χ3v) is 2.64. The summed E-state index contributed by atoms with van der Waals surface area (Å²) < 4.78 is 18.3. The zero-order valence-corrected chi connectivity index (χ0v) is 9.99. The highest BCUT2D eigenvalue weighted by Gasteiger charge is 2.10. The fourth-order valence-corrected chi connectivity index (χ4v) is 1.45. The number of hydrogen-bond donors (Lipinski definition) is 2. The van der Waals surface area contributed by atoms with E-state index < -0.39 is 5.82 Å². The molecule has 88 valence electrons. The fraction of sp³-hybridized carbons (Fsp3) is 0. The quantitative estimate of drug-likeness (QED) is 0.832. The minimum absolute atomic E-state index is 0.0621. The summed E-state index contributed by atoms with van der Waals surface area (Å²) in [6.45, 7) is 0. The van der Waals surface area contributed by atoms with Gasteiger partial charge in [0.05, 0.1) is 12.0 Å². The average molecular weight is 300 g/mol. The normalized spacial score (nSPS) is 10.2. The van der Waals surface area contributed by atoms with Gasteiger partial charge < -0.3 is 15.5 Å². The van der Waals surface area contributed by atoms with Gasteiger partial charge in [0.2, 0.25) is 5.88 Å². The number of halogens is 2. The van der Waals surface area contributed by atoms with Crippen LogP contribution in [-0.4, -0.2) is 9.97 Å². The average Bonchev–Trinajstić information content (AvgIpc) is 2.28. The molecule has 3 N–H and O–H groups in total. The largest absolute Gasteiger partial charge is 0.435 e. The van der Waals surface area contributed by atoms with Crippen molar-refractivity contribution in [2.45, 2.75) is 0 Å². The predicted octanol–water partition coefficient (Wildman–Crippen LogP) is 2.05. The fourth-order valence-electron chi connectivity index (χ4n) is 1.15. The van der Waals surface area contributed by atoms with Crippen molar-refractivity contribution in [2.75, 3.05) is 5.73 Å². The van der Waals surface area contributed by atoms with E-state index >= 15 is 0 Å². The molecule has 0 aliphatic carbocycles. The van der Waals surface area contributed by atoms with Crippen LogP contribution in [0.1, 0.15) is 0 Å². The Labute approximate surface area is 104 Å². The highest BCUT2D eigenvalue weighted by molar-refractivity contribution is 9.10. The van der Waals surface area contributed by atoms with Gasteiger partial charge in [-0.3, -0.25) is 4.79 Å². The summed E-state index contributed by atoms with van der Waals surface area (Å²) in [5.74, 6) is -0.176. The van der Waals surface area contributed by atoms with Gasteiger partial charge in [0, 0.05) is 6.07 Å². The standard InChI is InChI=1S/C10H7BrFN3O2/c11-8-9(16)14-4-15-10(8)17-7-2-1-5(12)3-6(7)13/h1-4H,13H2,(H,14,15,16). The minimum atomic E-state index is -0.465. The van der Waals surface area contributed by atoms with Crippen LogP contribution in [0.15, 0.2) is 33.8 Å². The third-order valence-electron chi connectivity index (χ3n) is 1.94. The molecule has 2 rings (SSSR count). The number of benzene rings is 1. The van der Waals surface area contributed by atoms with Crippen LogP contribution in [0.5, 0.6) is 11.6 Å². The molecular weight excluding hydrogens is 293 g/mol. The summed E-state index contributed by atoms with van der Waals surface area (Å²) in [5, 5.41) is 0. The van der Waals surface area contributed by atoms with Crippen LogP contribution in [0.4, 0.5) is 10.1 Å². The number of nitrogens with one attached hydrogen (secondary N) is 1. The second kappa shape index (κ2) is 4.54. The number of nitrogen functional groups attached to an aromatic ring is 1. The van der Waals surface area contributed by atoms with Crippen LogP contribution in [0.3, 0.4) is 0 Å². The molecule has 0 saturated carbocycles. The van der Waals surface area contributed by atoms with Crippen molar-refractivity contribution >= 4 is 21.6 Å². The Bertz CT molecular complexity index is 615. The molecule has 1 aromatic carbocycles. The highest BCUT2D eigenvalue weighted by atomic mass is 79.9. The van der Waals surface area contributed by atoms with E-state index in [0.29, 0.717) is 0 Å². The van der Waals surface area contributed by atoms with E-state index in [-0.39, 0.29) is 27.3 Å². The molecule has 0 aliphatic heterocycles. The van der Waals surface area contributed by atoms with Crippen molar-refractivity contribution in [2.24, 2.45) is 0 Å². The zero-order chi connectivity index (χ0) is 12.4. The molecular formula is C10H7BrFN3O2. The molecule has 5 nitrogen and oxygen atoms in total. The van der Waals surface area contributed by atoms with Gasteiger partial charge in [0.1, 0.15) is 10.3 Å². The first kappa shape index (κ1) is 11.6. The lowest BCUT2D eigenvalue weighted by atomic mass is 10.3. The van der Waals surface area contributed by atoms with Gasteiger partial charge >= 0.3 is 0 Å². The van der Waals surface area contributed by atoms with E-state index in [1.165, 1.54) is 18.5 Å². The number of hydrogen-bond acceptors (Lipinski definition) is 4. The number of aromatic amines is 1. The number of nitrogens with two attached hydrogens (primary N) is 1. The maximum atomic E-state index is 12.8. The zero-order valence-electron chi connectivity index (χ0n) is 8.41. The molecule has 0 spiro atoms. The Balaban J connectivity index is 2.38. The molecule has 0 fully saturated rings. The number of H-pyrrole nitrogens is 1. The second-order valence-electron chi connectivity index (χ2n) is 3.14. The maximum Gasteiger partial charge on any atom is 0.268 e. The van der Waals surface area contributed by atoms with Crippen molar-refractivity contribution in [3.63, 3.8) is 0 Å². The van der Waals surface area contributed by atoms with Crippen LogP contribution in [0.25, 0.3) is 0 Å². The van der Waals surface area contributed by atoms with E-state index in [2.05, 4.69) is 25.9 Å². The van der Waals surface area contributed by atoms with Gasteiger partial charge in [-0.15, -0.1) is 0 Å². The Morgan fingerprint density at radius 3 is 2.94 bits per heavy atom. The highest BCUT2D eigenvalue weighted by Crippen LogP contribution is 2.29. The van der Waals surface area contributed by atoms with Crippen LogP contribution in [0, 0.1) is 5.82 Å². The number of anilines is 1. The van der Waals surface area contributed by atoms with Crippen LogP contribution >= 0.6 is 15.9 Å². The summed E-state index contributed by atoms with van der Waals surface area (Å²) in [4.78, 5) is 17.4. The second-order valence-corrected chi connectivity index (χ2v) is 3.93. The molecule has 0 saturated heterocycles. The summed E-state index contributed by atoms with van der Waals surface area (Å²) in [7, 11) is 0. The van der Waals surface area contributed by atoms with Gasteiger partial charge in [-0.1, -0.05) is 0 Å². The van der Waals surface area contributed by atoms with E-state index in [1.54, 1.807) is 0 Å². The molecule has 0 bridgehead atoms. The summed E-state index contributed by atoms with van der Waals surface area (Å²) in [6.07, 6.45) is 1.20.